The number of halogens is 2. The number of ether oxygens (including phenoxy) is 1. The first-order chi connectivity index (χ1) is 9.40. The Hall–Kier alpha value is -2.63. The van der Waals surface area contributed by atoms with Crippen molar-refractivity contribution in [3.8, 4) is 11.5 Å². The second kappa shape index (κ2) is 5.16. The van der Waals surface area contributed by atoms with Crippen LogP contribution >= 0.6 is 0 Å². The molecule has 0 unspecified atom stereocenters. The maximum Gasteiger partial charge on any atom is 0.337 e. The fourth-order valence-electron chi connectivity index (χ4n) is 1.69. The minimum Gasteiger partial charge on any atom is -0.478 e. The molecule has 0 aromatic heterocycles. The first-order valence-corrected chi connectivity index (χ1v) is 5.65. The fraction of sp³-hybridized carbons (Fsp3) is 0.0714. The molecular formula is C14H11F2NO3. The van der Waals surface area contributed by atoms with Gasteiger partial charge < -0.3 is 15.6 Å². The van der Waals surface area contributed by atoms with Crippen LogP contribution in [0.1, 0.15) is 15.9 Å². The maximum atomic E-state index is 13.5. The lowest BCUT2D eigenvalue weighted by Gasteiger charge is -2.11. The summed E-state index contributed by atoms with van der Waals surface area (Å²) in [7, 11) is 0. The molecule has 0 aliphatic rings. The molecule has 6 heteroatoms. The van der Waals surface area contributed by atoms with E-state index in [0.717, 1.165) is 12.1 Å². The Balaban J connectivity index is 2.44. The van der Waals surface area contributed by atoms with Crippen LogP contribution in [0.25, 0.3) is 0 Å². The zero-order valence-corrected chi connectivity index (χ0v) is 10.5. The summed E-state index contributed by atoms with van der Waals surface area (Å²) >= 11 is 0. The number of benzene rings is 2. The van der Waals surface area contributed by atoms with Gasteiger partial charge >= 0.3 is 5.97 Å². The molecule has 0 heterocycles. The predicted molar refractivity (Wildman–Crippen MR) is 69.0 cm³/mol. The maximum absolute atomic E-state index is 13.5. The Bertz CT molecular complexity index is 686. The number of rotatable bonds is 3. The number of carboxylic acids is 1. The first kappa shape index (κ1) is 13.8. The van der Waals surface area contributed by atoms with Crippen molar-refractivity contribution in [3.63, 3.8) is 0 Å². The molecule has 0 atom stereocenters. The van der Waals surface area contributed by atoms with Crippen LogP contribution in [-0.2, 0) is 0 Å². The number of carbonyl (C=O) groups is 1. The summed E-state index contributed by atoms with van der Waals surface area (Å²) in [5.41, 5.74) is 6.04. The first-order valence-electron chi connectivity index (χ1n) is 5.65. The van der Waals surface area contributed by atoms with E-state index in [2.05, 4.69) is 0 Å². The summed E-state index contributed by atoms with van der Waals surface area (Å²) < 4.78 is 31.7. The van der Waals surface area contributed by atoms with E-state index in [1.54, 1.807) is 6.92 Å². The van der Waals surface area contributed by atoms with Gasteiger partial charge in [0.2, 0.25) is 5.82 Å². The Labute approximate surface area is 113 Å². The monoisotopic (exact) mass is 279 g/mol. The van der Waals surface area contributed by atoms with E-state index in [4.69, 9.17) is 15.6 Å². The summed E-state index contributed by atoms with van der Waals surface area (Å²) in [6, 6.07) is 6.10. The van der Waals surface area contributed by atoms with Gasteiger partial charge in [-0.2, -0.15) is 4.39 Å². The average molecular weight is 279 g/mol. The molecule has 4 nitrogen and oxygen atoms in total. The van der Waals surface area contributed by atoms with Crippen LogP contribution in [0, 0.1) is 18.6 Å². The minimum absolute atomic E-state index is 0.0681. The molecule has 0 saturated carbocycles. The number of nitrogens with two attached hydrogens (primary N) is 1. The topological polar surface area (TPSA) is 72.5 Å². The van der Waals surface area contributed by atoms with Gasteiger partial charge in [-0.25, -0.2) is 9.18 Å². The zero-order chi connectivity index (χ0) is 14.9. The standard InChI is InChI=1S/C14H11F2NO3/c1-7-5-8(6-9(13(7)17)14(18)19)20-11-4-2-3-10(15)12(11)16/h2-6H,17H2,1H3,(H,18,19). The Morgan fingerprint density at radius 1 is 1.30 bits per heavy atom. The number of hydrogen-bond acceptors (Lipinski definition) is 3. The summed E-state index contributed by atoms with van der Waals surface area (Å²) in [5, 5.41) is 9.01. The van der Waals surface area contributed by atoms with E-state index in [1.807, 2.05) is 0 Å². The molecule has 2 aromatic carbocycles. The van der Waals surface area contributed by atoms with Crippen LogP contribution in [0.4, 0.5) is 14.5 Å². The SMILES string of the molecule is Cc1cc(Oc2cccc(F)c2F)cc(C(=O)O)c1N. The second-order valence-corrected chi connectivity index (χ2v) is 4.16. The largest absolute Gasteiger partial charge is 0.478 e. The smallest absolute Gasteiger partial charge is 0.337 e. The molecule has 2 rings (SSSR count). The number of hydrogen-bond donors (Lipinski definition) is 2. The fourth-order valence-corrected chi connectivity index (χ4v) is 1.69. The van der Waals surface area contributed by atoms with E-state index in [0.29, 0.717) is 5.56 Å². The number of nitrogen functional groups attached to an aromatic ring is 1. The lowest BCUT2D eigenvalue weighted by atomic mass is 10.1. The Morgan fingerprint density at radius 2 is 2.00 bits per heavy atom. The van der Waals surface area contributed by atoms with Gasteiger partial charge in [0.15, 0.2) is 11.6 Å². The van der Waals surface area contributed by atoms with Gasteiger partial charge in [0, 0.05) is 5.69 Å². The highest BCUT2D eigenvalue weighted by molar-refractivity contribution is 5.95. The van der Waals surface area contributed by atoms with Crippen LogP contribution in [0.5, 0.6) is 11.5 Å². The van der Waals surface area contributed by atoms with Gasteiger partial charge in [0.25, 0.3) is 0 Å². The third-order valence-electron chi connectivity index (χ3n) is 2.73. The van der Waals surface area contributed by atoms with E-state index >= 15 is 0 Å². The summed E-state index contributed by atoms with van der Waals surface area (Å²) in [5.74, 6) is -3.67. The van der Waals surface area contributed by atoms with Crippen LogP contribution in [0.3, 0.4) is 0 Å². The number of aromatic carboxylic acids is 1. The number of carboxylic acid groups (broad SMARTS) is 1. The van der Waals surface area contributed by atoms with Crippen molar-refractivity contribution >= 4 is 11.7 Å². The highest BCUT2D eigenvalue weighted by Gasteiger charge is 2.15. The Kier molecular flexibility index (Phi) is 3.56. The molecule has 2 aromatic rings. The van der Waals surface area contributed by atoms with Crippen molar-refractivity contribution in [2.45, 2.75) is 6.92 Å². The molecule has 104 valence electrons. The van der Waals surface area contributed by atoms with E-state index in [-0.39, 0.29) is 22.7 Å². The van der Waals surface area contributed by atoms with Gasteiger partial charge in [0.05, 0.1) is 5.56 Å². The summed E-state index contributed by atoms with van der Waals surface area (Å²) in [6.45, 7) is 1.59. The molecule has 20 heavy (non-hydrogen) atoms. The van der Waals surface area contributed by atoms with Crippen LogP contribution in [-0.4, -0.2) is 11.1 Å². The normalized spacial score (nSPS) is 10.3. The van der Waals surface area contributed by atoms with Gasteiger partial charge in [-0.15, -0.1) is 0 Å². The van der Waals surface area contributed by atoms with Gasteiger partial charge in [0.1, 0.15) is 5.75 Å². The lowest BCUT2D eigenvalue weighted by Crippen LogP contribution is -2.05. The van der Waals surface area contributed by atoms with Crippen LogP contribution < -0.4 is 10.5 Å². The van der Waals surface area contributed by atoms with E-state index in [1.165, 1.54) is 18.2 Å². The molecule has 0 aliphatic heterocycles. The highest BCUT2D eigenvalue weighted by atomic mass is 19.2. The highest BCUT2D eigenvalue weighted by Crippen LogP contribution is 2.30. The molecule has 3 N–H and O–H groups in total. The van der Waals surface area contributed by atoms with Gasteiger partial charge in [-0.1, -0.05) is 6.07 Å². The van der Waals surface area contributed by atoms with Crippen molar-refractivity contribution in [2.75, 3.05) is 5.73 Å². The molecule has 0 radical (unpaired) electrons. The Morgan fingerprint density at radius 3 is 2.65 bits per heavy atom. The summed E-state index contributed by atoms with van der Waals surface area (Å²) in [4.78, 5) is 11.0. The molecule has 0 amide bonds. The van der Waals surface area contributed by atoms with E-state index in [9.17, 15) is 13.6 Å². The molecule has 0 aliphatic carbocycles. The molecule has 0 saturated heterocycles. The minimum atomic E-state index is -1.23. The lowest BCUT2D eigenvalue weighted by molar-refractivity contribution is 0.0697. The summed E-state index contributed by atoms with van der Waals surface area (Å²) in [6.07, 6.45) is 0. The average Bonchev–Trinajstić information content (AvgIpc) is 2.38. The van der Waals surface area contributed by atoms with Crippen molar-refractivity contribution in [2.24, 2.45) is 0 Å². The number of aryl methyl sites for hydroxylation is 1. The van der Waals surface area contributed by atoms with Gasteiger partial charge in [-0.3, -0.25) is 0 Å². The molecule has 0 fully saturated rings. The predicted octanol–water partition coefficient (Wildman–Crippen LogP) is 3.35. The molecule has 0 spiro atoms. The molecule has 0 bridgehead atoms. The molecular weight excluding hydrogens is 268 g/mol. The zero-order valence-electron chi connectivity index (χ0n) is 10.5. The van der Waals surface area contributed by atoms with E-state index < -0.39 is 17.6 Å². The van der Waals surface area contributed by atoms with Crippen molar-refractivity contribution in [3.05, 3.63) is 53.1 Å². The second-order valence-electron chi connectivity index (χ2n) is 4.16. The quantitative estimate of drug-likeness (QED) is 0.845. The third kappa shape index (κ3) is 2.54. The van der Waals surface area contributed by atoms with Gasteiger partial charge in [-0.05, 0) is 36.8 Å². The van der Waals surface area contributed by atoms with Crippen molar-refractivity contribution < 1.29 is 23.4 Å². The van der Waals surface area contributed by atoms with Crippen LogP contribution in [0.15, 0.2) is 30.3 Å². The number of anilines is 1. The third-order valence-corrected chi connectivity index (χ3v) is 2.73. The van der Waals surface area contributed by atoms with Crippen LogP contribution in [0.2, 0.25) is 0 Å². The van der Waals surface area contributed by atoms with Crippen molar-refractivity contribution in [1.29, 1.82) is 0 Å². The van der Waals surface area contributed by atoms with Crippen molar-refractivity contribution in [1.82, 2.24) is 0 Å².